The molecule has 1 heterocycles. The summed E-state index contributed by atoms with van der Waals surface area (Å²) in [5, 5.41) is 24.4. The molecule has 2 unspecified atom stereocenters. The van der Waals surface area contributed by atoms with Crippen molar-refractivity contribution in [2.24, 2.45) is 0 Å². The summed E-state index contributed by atoms with van der Waals surface area (Å²) in [4.78, 5) is 10.6. The zero-order valence-corrected chi connectivity index (χ0v) is 11.0. The summed E-state index contributed by atoms with van der Waals surface area (Å²) in [6, 6.07) is 4.90. The van der Waals surface area contributed by atoms with Crippen LogP contribution in [0.5, 0.6) is 0 Å². The first-order valence-corrected chi connectivity index (χ1v) is 6.26. The fourth-order valence-corrected chi connectivity index (χ4v) is 2.28. The minimum Gasteiger partial charge on any atom is -0.385 e. The number of nitro benzene ring substituents is 1. The summed E-state index contributed by atoms with van der Waals surface area (Å²) in [6.07, 6.45) is 0.254. The van der Waals surface area contributed by atoms with Crippen LogP contribution in [0.15, 0.2) is 18.2 Å². The maximum Gasteiger partial charge on any atom is 0.292 e. The van der Waals surface area contributed by atoms with Crippen LogP contribution in [-0.4, -0.2) is 34.9 Å². The van der Waals surface area contributed by atoms with E-state index in [1.807, 2.05) is 0 Å². The van der Waals surface area contributed by atoms with Gasteiger partial charge >= 0.3 is 0 Å². The molecule has 0 bridgehead atoms. The largest absolute Gasteiger partial charge is 0.385 e. The van der Waals surface area contributed by atoms with E-state index in [9.17, 15) is 15.2 Å². The minimum atomic E-state index is -0.976. The lowest BCUT2D eigenvalue weighted by Gasteiger charge is -2.27. The zero-order valence-electron chi connectivity index (χ0n) is 11.0. The summed E-state index contributed by atoms with van der Waals surface area (Å²) in [5.41, 5.74) is 0.287. The smallest absolute Gasteiger partial charge is 0.292 e. The number of anilines is 1. The fourth-order valence-electron chi connectivity index (χ4n) is 2.28. The number of nitrogens with one attached hydrogen (secondary N) is 1. The van der Waals surface area contributed by atoms with Crippen molar-refractivity contribution < 1.29 is 14.8 Å². The Balaban J connectivity index is 2.18. The van der Waals surface area contributed by atoms with Crippen molar-refractivity contribution in [1.82, 2.24) is 0 Å². The Morgan fingerprint density at radius 2 is 2.37 bits per heavy atom. The highest BCUT2D eigenvalue weighted by atomic mass is 16.6. The standard InChI is InChI=1S/C13H18N2O4/c1-9-4-3-5-11(15(17)18)12(9)14-8-13(16)6-7-19-10(13)2/h3-5,10,14,16H,6-8H2,1-2H3. The average molecular weight is 266 g/mol. The number of para-hydroxylation sites is 1. The number of hydrogen-bond acceptors (Lipinski definition) is 5. The quantitative estimate of drug-likeness (QED) is 0.641. The van der Waals surface area contributed by atoms with Gasteiger partial charge in [0.25, 0.3) is 5.69 Å². The lowest BCUT2D eigenvalue weighted by atomic mass is 9.96. The van der Waals surface area contributed by atoms with Crippen molar-refractivity contribution in [3.8, 4) is 0 Å². The molecule has 2 atom stereocenters. The minimum absolute atomic E-state index is 0.0233. The van der Waals surface area contributed by atoms with E-state index in [1.165, 1.54) is 6.07 Å². The second-order valence-corrected chi connectivity index (χ2v) is 4.95. The summed E-state index contributed by atoms with van der Waals surface area (Å²) in [7, 11) is 0. The maximum absolute atomic E-state index is 11.0. The summed E-state index contributed by atoms with van der Waals surface area (Å²) >= 11 is 0. The molecule has 2 rings (SSSR count). The SMILES string of the molecule is Cc1cccc([N+](=O)[O-])c1NCC1(O)CCOC1C. The highest BCUT2D eigenvalue weighted by Gasteiger charge is 2.39. The molecule has 0 spiro atoms. The number of ether oxygens (including phenoxy) is 1. The van der Waals surface area contributed by atoms with E-state index in [0.29, 0.717) is 18.7 Å². The number of rotatable bonds is 4. The van der Waals surface area contributed by atoms with E-state index in [0.717, 1.165) is 5.56 Å². The van der Waals surface area contributed by atoms with Crippen molar-refractivity contribution in [2.45, 2.75) is 32.0 Å². The molecule has 1 aromatic rings. The van der Waals surface area contributed by atoms with E-state index in [-0.39, 0.29) is 18.3 Å². The van der Waals surface area contributed by atoms with Crippen LogP contribution in [-0.2, 0) is 4.74 Å². The predicted octanol–water partition coefficient (Wildman–Crippen LogP) is 1.86. The van der Waals surface area contributed by atoms with E-state index in [1.54, 1.807) is 26.0 Å². The summed E-state index contributed by atoms with van der Waals surface area (Å²) in [6.45, 7) is 4.35. The van der Waals surface area contributed by atoms with E-state index < -0.39 is 10.5 Å². The Morgan fingerprint density at radius 3 is 2.95 bits per heavy atom. The van der Waals surface area contributed by atoms with Gasteiger partial charge in [-0.1, -0.05) is 12.1 Å². The molecule has 1 saturated heterocycles. The number of nitrogens with zero attached hydrogens (tertiary/aromatic N) is 1. The van der Waals surface area contributed by atoms with Crippen LogP contribution in [0.25, 0.3) is 0 Å². The molecular formula is C13H18N2O4. The Bertz CT molecular complexity index is 492. The molecule has 19 heavy (non-hydrogen) atoms. The molecule has 1 aliphatic rings. The molecule has 0 saturated carbocycles. The van der Waals surface area contributed by atoms with E-state index >= 15 is 0 Å². The molecule has 0 aromatic heterocycles. The third kappa shape index (κ3) is 2.69. The lowest BCUT2D eigenvalue weighted by Crippen LogP contribution is -2.43. The first-order chi connectivity index (χ1) is 8.94. The average Bonchev–Trinajstić information content (AvgIpc) is 2.68. The first kappa shape index (κ1) is 13.8. The molecule has 2 N–H and O–H groups in total. The van der Waals surface area contributed by atoms with Gasteiger partial charge in [-0.2, -0.15) is 0 Å². The monoisotopic (exact) mass is 266 g/mol. The fraction of sp³-hybridized carbons (Fsp3) is 0.538. The Kier molecular flexibility index (Phi) is 3.73. The highest BCUT2D eigenvalue weighted by molar-refractivity contribution is 5.66. The van der Waals surface area contributed by atoms with Crippen LogP contribution >= 0.6 is 0 Å². The summed E-state index contributed by atoms with van der Waals surface area (Å²) in [5.74, 6) is 0. The van der Waals surface area contributed by atoms with Crippen molar-refractivity contribution >= 4 is 11.4 Å². The third-order valence-electron chi connectivity index (χ3n) is 3.68. The molecule has 104 valence electrons. The second-order valence-electron chi connectivity index (χ2n) is 4.95. The Morgan fingerprint density at radius 1 is 1.63 bits per heavy atom. The van der Waals surface area contributed by atoms with Gasteiger partial charge in [0.2, 0.25) is 0 Å². The van der Waals surface area contributed by atoms with Crippen LogP contribution in [0.3, 0.4) is 0 Å². The molecule has 6 heteroatoms. The van der Waals surface area contributed by atoms with Gasteiger partial charge in [0.1, 0.15) is 11.3 Å². The molecule has 1 aromatic carbocycles. The van der Waals surface area contributed by atoms with Gasteiger partial charge in [-0.15, -0.1) is 0 Å². The molecule has 1 fully saturated rings. The number of aliphatic hydroxyl groups is 1. The van der Waals surface area contributed by atoms with Gasteiger partial charge in [-0.25, -0.2) is 0 Å². The number of nitro groups is 1. The van der Waals surface area contributed by atoms with Gasteiger partial charge in [-0.05, 0) is 19.4 Å². The Hall–Kier alpha value is -1.66. The Labute approximate surface area is 111 Å². The van der Waals surface area contributed by atoms with E-state index in [2.05, 4.69) is 5.32 Å². The van der Waals surface area contributed by atoms with Gasteiger partial charge in [0.05, 0.1) is 11.0 Å². The number of benzene rings is 1. The topological polar surface area (TPSA) is 84.6 Å². The van der Waals surface area contributed by atoms with Gasteiger partial charge in [0, 0.05) is 25.6 Å². The second kappa shape index (κ2) is 5.14. The lowest BCUT2D eigenvalue weighted by molar-refractivity contribution is -0.384. The van der Waals surface area contributed by atoms with Crippen LogP contribution < -0.4 is 5.32 Å². The van der Waals surface area contributed by atoms with Crippen molar-refractivity contribution in [3.05, 3.63) is 33.9 Å². The molecule has 0 aliphatic carbocycles. The van der Waals surface area contributed by atoms with Crippen molar-refractivity contribution in [2.75, 3.05) is 18.5 Å². The van der Waals surface area contributed by atoms with Crippen LogP contribution in [0.4, 0.5) is 11.4 Å². The van der Waals surface area contributed by atoms with E-state index in [4.69, 9.17) is 4.74 Å². The van der Waals surface area contributed by atoms with Crippen LogP contribution in [0.2, 0.25) is 0 Å². The van der Waals surface area contributed by atoms with Crippen molar-refractivity contribution in [1.29, 1.82) is 0 Å². The molecule has 1 aliphatic heterocycles. The first-order valence-electron chi connectivity index (χ1n) is 6.26. The molecule has 0 radical (unpaired) electrons. The van der Waals surface area contributed by atoms with Crippen molar-refractivity contribution in [3.63, 3.8) is 0 Å². The predicted molar refractivity (Wildman–Crippen MR) is 71.3 cm³/mol. The van der Waals surface area contributed by atoms with Crippen LogP contribution in [0, 0.1) is 17.0 Å². The number of aryl methyl sites for hydroxylation is 1. The van der Waals surface area contributed by atoms with Gasteiger partial charge in [0.15, 0.2) is 0 Å². The molecule has 0 amide bonds. The van der Waals surface area contributed by atoms with Gasteiger partial charge < -0.3 is 15.2 Å². The zero-order chi connectivity index (χ0) is 14.0. The molecule has 6 nitrogen and oxygen atoms in total. The highest BCUT2D eigenvalue weighted by Crippen LogP contribution is 2.31. The number of hydrogen-bond donors (Lipinski definition) is 2. The van der Waals surface area contributed by atoms with Crippen LogP contribution in [0.1, 0.15) is 18.9 Å². The normalized spacial score (nSPS) is 26.4. The maximum atomic E-state index is 11.0. The third-order valence-corrected chi connectivity index (χ3v) is 3.68. The summed E-state index contributed by atoms with van der Waals surface area (Å²) < 4.78 is 5.34. The molecular weight excluding hydrogens is 248 g/mol. The van der Waals surface area contributed by atoms with Gasteiger partial charge in [-0.3, -0.25) is 10.1 Å².